The third kappa shape index (κ3) is 1.78. The van der Waals surface area contributed by atoms with E-state index in [-0.39, 0.29) is 22.7 Å². The first-order valence-corrected chi connectivity index (χ1v) is 5.44. The summed E-state index contributed by atoms with van der Waals surface area (Å²) in [6.07, 6.45) is 5.25. The van der Waals surface area contributed by atoms with Gasteiger partial charge in [-0.25, -0.2) is 9.37 Å². The summed E-state index contributed by atoms with van der Waals surface area (Å²) in [7, 11) is 0. The summed E-state index contributed by atoms with van der Waals surface area (Å²) in [5.41, 5.74) is 0.649. The maximum absolute atomic E-state index is 13.6. The third-order valence-electron chi connectivity index (χ3n) is 2.77. The van der Waals surface area contributed by atoms with Gasteiger partial charge in [-0.1, -0.05) is 19.8 Å². The smallest absolute Gasteiger partial charge is 0.250 e. The molecule has 0 bridgehead atoms. The fourth-order valence-corrected chi connectivity index (χ4v) is 1.95. The van der Waals surface area contributed by atoms with Crippen molar-refractivity contribution in [2.45, 2.75) is 19.8 Å². The minimum absolute atomic E-state index is 0.00152. The lowest BCUT2D eigenvalue weighted by molar-refractivity contribution is 0.472. The predicted octanol–water partition coefficient (Wildman–Crippen LogP) is 3.32. The van der Waals surface area contributed by atoms with Crippen LogP contribution in [0.2, 0.25) is 0 Å². The van der Waals surface area contributed by atoms with E-state index >= 15 is 0 Å². The molecule has 92 valence electrons. The normalized spacial score (nSPS) is 10.9. The van der Waals surface area contributed by atoms with E-state index in [9.17, 15) is 13.9 Å². The number of fused-ring (bicyclic) bond motifs is 1. The molecule has 1 aromatic heterocycles. The molecular weight excluding hydrogens is 236 g/mol. The summed E-state index contributed by atoms with van der Waals surface area (Å²) in [6.45, 7) is 3.74. The molecule has 4 heteroatoms. The lowest BCUT2D eigenvalue weighted by Crippen LogP contribution is -2.00. The van der Waals surface area contributed by atoms with Crippen molar-refractivity contribution in [2.24, 2.45) is 0 Å². The molecule has 0 fully saturated rings. The van der Waals surface area contributed by atoms with Crippen molar-refractivity contribution in [2.75, 3.05) is 0 Å². The number of pyridine rings is 1. The van der Waals surface area contributed by atoms with Gasteiger partial charge in [-0.05, 0) is 17.5 Å². The molecule has 0 unspecified atom stereocenters. The van der Waals surface area contributed by atoms with Crippen molar-refractivity contribution < 1.29 is 13.9 Å². The molecule has 2 aromatic rings. The van der Waals surface area contributed by atoms with Gasteiger partial charge in [-0.15, -0.1) is 6.42 Å². The molecule has 1 aromatic carbocycles. The van der Waals surface area contributed by atoms with E-state index in [0.717, 1.165) is 0 Å². The van der Waals surface area contributed by atoms with Gasteiger partial charge >= 0.3 is 0 Å². The number of aromatic nitrogens is 1. The van der Waals surface area contributed by atoms with Crippen LogP contribution < -0.4 is 0 Å². The molecule has 0 radical (unpaired) electrons. The van der Waals surface area contributed by atoms with Gasteiger partial charge in [-0.3, -0.25) is 0 Å². The fourth-order valence-electron chi connectivity index (χ4n) is 1.95. The first-order valence-electron chi connectivity index (χ1n) is 5.44. The number of terminal acetylenes is 1. The Morgan fingerprint density at radius 3 is 2.56 bits per heavy atom. The molecule has 2 rings (SSSR count). The number of rotatable bonds is 1. The van der Waals surface area contributed by atoms with Crippen LogP contribution in [0, 0.1) is 24.1 Å². The Labute approximate surface area is 103 Å². The highest BCUT2D eigenvalue weighted by Crippen LogP contribution is 2.32. The maximum Gasteiger partial charge on any atom is 0.250 e. The average molecular weight is 247 g/mol. The van der Waals surface area contributed by atoms with Crippen molar-refractivity contribution in [3.63, 3.8) is 0 Å². The Morgan fingerprint density at radius 1 is 1.33 bits per heavy atom. The van der Waals surface area contributed by atoms with E-state index in [0.29, 0.717) is 10.9 Å². The van der Waals surface area contributed by atoms with Gasteiger partial charge in [0.15, 0.2) is 5.82 Å². The second kappa shape index (κ2) is 4.26. The Kier molecular flexibility index (Phi) is 2.92. The first-order chi connectivity index (χ1) is 8.45. The van der Waals surface area contributed by atoms with Crippen molar-refractivity contribution in [3.05, 3.63) is 35.0 Å². The van der Waals surface area contributed by atoms with E-state index < -0.39 is 11.8 Å². The summed E-state index contributed by atoms with van der Waals surface area (Å²) < 4.78 is 26.9. The fraction of sp³-hybridized carbons (Fsp3) is 0.214. The van der Waals surface area contributed by atoms with Crippen molar-refractivity contribution in [3.8, 4) is 18.1 Å². The second-order valence-corrected chi connectivity index (χ2v) is 4.32. The quantitative estimate of drug-likeness (QED) is 0.619. The van der Waals surface area contributed by atoms with Gasteiger partial charge in [0.2, 0.25) is 0 Å². The van der Waals surface area contributed by atoms with Crippen LogP contribution in [0.1, 0.15) is 30.9 Å². The zero-order valence-corrected chi connectivity index (χ0v) is 9.96. The van der Waals surface area contributed by atoms with Crippen molar-refractivity contribution >= 4 is 10.9 Å². The van der Waals surface area contributed by atoms with Crippen LogP contribution in [-0.4, -0.2) is 10.1 Å². The number of nitrogens with zero attached hydrogens (tertiary/aromatic N) is 1. The molecule has 0 aliphatic rings. The molecule has 1 heterocycles. The van der Waals surface area contributed by atoms with Gasteiger partial charge in [0, 0.05) is 11.5 Å². The molecule has 0 amide bonds. The minimum atomic E-state index is -1.25. The van der Waals surface area contributed by atoms with E-state index in [1.54, 1.807) is 0 Å². The molecule has 0 saturated carbocycles. The number of hydrogen-bond donors (Lipinski definition) is 1. The summed E-state index contributed by atoms with van der Waals surface area (Å²) in [5.74, 6) is -0.274. The summed E-state index contributed by atoms with van der Waals surface area (Å²) >= 11 is 0. The van der Waals surface area contributed by atoms with Crippen molar-refractivity contribution in [1.29, 1.82) is 0 Å². The topological polar surface area (TPSA) is 33.1 Å². The zero-order valence-electron chi connectivity index (χ0n) is 9.96. The van der Waals surface area contributed by atoms with Gasteiger partial charge in [0.25, 0.3) is 5.95 Å². The molecule has 2 nitrogen and oxygen atoms in total. The monoisotopic (exact) mass is 247 g/mol. The van der Waals surface area contributed by atoms with Crippen LogP contribution in [0.3, 0.4) is 0 Å². The Bertz CT molecular complexity index is 672. The van der Waals surface area contributed by atoms with Crippen LogP contribution in [-0.2, 0) is 0 Å². The van der Waals surface area contributed by atoms with E-state index in [1.165, 1.54) is 12.1 Å². The molecule has 0 aliphatic carbocycles. The summed E-state index contributed by atoms with van der Waals surface area (Å²) in [6, 6.07) is 2.76. The standard InChI is InChI=1S/C14H11F2NO/c1-4-9-12-10(7(2)3)5-8(18)6-11(12)17-14(16)13(9)15/h1,5-7,18H,2-3H3. The summed E-state index contributed by atoms with van der Waals surface area (Å²) in [5, 5.41) is 9.95. The SMILES string of the molecule is C#Cc1c(F)c(F)nc2cc(O)cc(C(C)C)c12. The molecule has 18 heavy (non-hydrogen) atoms. The number of phenolic OH excluding ortho intramolecular Hbond substituents is 1. The first kappa shape index (κ1) is 12.3. The zero-order chi connectivity index (χ0) is 13.4. The minimum Gasteiger partial charge on any atom is -0.508 e. The van der Waals surface area contributed by atoms with E-state index in [2.05, 4.69) is 10.9 Å². The van der Waals surface area contributed by atoms with Crippen molar-refractivity contribution in [1.82, 2.24) is 4.98 Å². The molecular formula is C14H11F2NO. The van der Waals surface area contributed by atoms with Crippen LogP contribution in [0.4, 0.5) is 8.78 Å². The molecule has 0 aliphatic heterocycles. The number of aromatic hydroxyl groups is 1. The number of phenols is 1. The lowest BCUT2D eigenvalue weighted by atomic mass is 9.94. The average Bonchev–Trinajstić information content (AvgIpc) is 2.30. The highest BCUT2D eigenvalue weighted by molar-refractivity contribution is 5.90. The largest absolute Gasteiger partial charge is 0.508 e. The number of hydrogen-bond acceptors (Lipinski definition) is 2. The van der Waals surface area contributed by atoms with E-state index in [1.807, 2.05) is 13.8 Å². The number of halogens is 2. The summed E-state index contributed by atoms with van der Waals surface area (Å²) in [4.78, 5) is 3.49. The molecule has 0 atom stereocenters. The molecule has 0 spiro atoms. The van der Waals surface area contributed by atoms with Gasteiger partial charge in [0.1, 0.15) is 5.75 Å². The lowest BCUT2D eigenvalue weighted by Gasteiger charge is -2.12. The molecule has 1 N–H and O–H groups in total. The van der Waals surface area contributed by atoms with Gasteiger partial charge < -0.3 is 5.11 Å². The van der Waals surface area contributed by atoms with Crippen LogP contribution >= 0.6 is 0 Å². The predicted molar refractivity (Wildman–Crippen MR) is 65.3 cm³/mol. The van der Waals surface area contributed by atoms with E-state index in [4.69, 9.17) is 6.42 Å². The second-order valence-electron chi connectivity index (χ2n) is 4.32. The number of benzene rings is 1. The van der Waals surface area contributed by atoms with Crippen LogP contribution in [0.5, 0.6) is 5.75 Å². The van der Waals surface area contributed by atoms with Crippen LogP contribution in [0.25, 0.3) is 10.9 Å². The highest BCUT2D eigenvalue weighted by Gasteiger charge is 2.18. The van der Waals surface area contributed by atoms with Crippen LogP contribution in [0.15, 0.2) is 12.1 Å². The Balaban J connectivity index is 3.03. The Hall–Kier alpha value is -2.15. The molecule has 0 saturated heterocycles. The maximum atomic E-state index is 13.6. The van der Waals surface area contributed by atoms with Gasteiger partial charge in [-0.2, -0.15) is 4.39 Å². The third-order valence-corrected chi connectivity index (χ3v) is 2.77. The highest BCUT2D eigenvalue weighted by atomic mass is 19.2. The van der Waals surface area contributed by atoms with Gasteiger partial charge in [0.05, 0.1) is 11.1 Å². The Morgan fingerprint density at radius 2 is 2.00 bits per heavy atom.